The largest absolute Gasteiger partial charge is 0.346 e. The van der Waals surface area contributed by atoms with Crippen molar-refractivity contribution in [3.05, 3.63) is 42.0 Å². The molecule has 1 fully saturated rings. The van der Waals surface area contributed by atoms with Gasteiger partial charge < -0.3 is 14.4 Å². The molecule has 2 unspecified atom stereocenters. The van der Waals surface area contributed by atoms with E-state index in [2.05, 4.69) is 30.9 Å². The van der Waals surface area contributed by atoms with Crippen LogP contribution in [0, 0.1) is 0 Å². The maximum Gasteiger partial charge on any atom is 0.177 e. The maximum atomic E-state index is 5.87. The number of benzene rings is 1. The van der Waals surface area contributed by atoms with Crippen LogP contribution < -0.4 is 0 Å². The Morgan fingerprint density at radius 3 is 2.63 bits per heavy atom. The van der Waals surface area contributed by atoms with Gasteiger partial charge in [0.15, 0.2) is 6.29 Å². The van der Waals surface area contributed by atoms with Crippen LogP contribution in [0.2, 0.25) is 0 Å². The van der Waals surface area contributed by atoms with Crippen molar-refractivity contribution >= 4 is 6.08 Å². The van der Waals surface area contributed by atoms with Crippen LogP contribution >= 0.6 is 0 Å². The van der Waals surface area contributed by atoms with Gasteiger partial charge in [-0.3, -0.25) is 0 Å². The topological polar surface area (TPSA) is 21.7 Å². The lowest BCUT2D eigenvalue weighted by Crippen LogP contribution is -2.33. The fourth-order valence-corrected chi connectivity index (χ4v) is 2.19. The van der Waals surface area contributed by atoms with E-state index in [1.54, 1.807) is 0 Å². The third-order valence-corrected chi connectivity index (χ3v) is 3.37. The van der Waals surface area contributed by atoms with Crippen molar-refractivity contribution in [3.8, 4) is 0 Å². The zero-order valence-electron chi connectivity index (χ0n) is 11.8. The summed E-state index contributed by atoms with van der Waals surface area (Å²) in [5.41, 5.74) is 1.17. The van der Waals surface area contributed by atoms with E-state index in [1.165, 1.54) is 5.56 Å². The van der Waals surface area contributed by atoms with Crippen LogP contribution in [0.1, 0.15) is 19.4 Å². The molecular weight excluding hydrogens is 238 g/mol. The van der Waals surface area contributed by atoms with Gasteiger partial charge >= 0.3 is 0 Å². The molecule has 0 bridgehead atoms. The second kappa shape index (κ2) is 7.43. The van der Waals surface area contributed by atoms with E-state index in [4.69, 9.17) is 9.47 Å². The molecule has 104 valence electrons. The average Bonchev–Trinajstić information content (AvgIpc) is 2.91. The molecule has 2 atom stereocenters. The Kier molecular flexibility index (Phi) is 5.58. The molecule has 0 saturated carbocycles. The summed E-state index contributed by atoms with van der Waals surface area (Å²) in [6.45, 7) is 8.09. The summed E-state index contributed by atoms with van der Waals surface area (Å²) < 4.78 is 11.5. The Bertz CT molecular complexity index is 387. The van der Waals surface area contributed by atoms with Gasteiger partial charge in [0.2, 0.25) is 0 Å². The lowest BCUT2D eigenvalue weighted by atomic mass is 10.2. The number of hydrogen-bond acceptors (Lipinski definition) is 3. The van der Waals surface area contributed by atoms with Crippen LogP contribution in [0.5, 0.6) is 0 Å². The summed E-state index contributed by atoms with van der Waals surface area (Å²) in [5, 5.41) is 0. The molecule has 0 aromatic heterocycles. The van der Waals surface area contributed by atoms with Gasteiger partial charge in [-0.15, -0.1) is 0 Å². The summed E-state index contributed by atoms with van der Waals surface area (Å²) in [4.78, 5) is 2.36. The number of nitrogens with zero attached hydrogens (tertiary/aromatic N) is 1. The third-order valence-electron chi connectivity index (χ3n) is 3.37. The fourth-order valence-electron chi connectivity index (χ4n) is 2.19. The lowest BCUT2D eigenvalue weighted by molar-refractivity contribution is -0.0245. The molecule has 0 N–H and O–H groups in total. The van der Waals surface area contributed by atoms with Crippen LogP contribution in [-0.4, -0.2) is 43.5 Å². The Morgan fingerprint density at radius 1 is 1.21 bits per heavy atom. The van der Waals surface area contributed by atoms with Gasteiger partial charge in [0.1, 0.15) is 0 Å². The minimum absolute atomic E-state index is 0.185. The van der Waals surface area contributed by atoms with Gasteiger partial charge in [0, 0.05) is 6.54 Å². The second-order valence-electron chi connectivity index (χ2n) is 4.72. The van der Waals surface area contributed by atoms with Crippen LogP contribution in [0.4, 0.5) is 0 Å². The summed E-state index contributed by atoms with van der Waals surface area (Å²) >= 11 is 0. The van der Waals surface area contributed by atoms with Gasteiger partial charge in [-0.2, -0.15) is 0 Å². The van der Waals surface area contributed by atoms with E-state index >= 15 is 0 Å². The highest BCUT2D eigenvalue weighted by Gasteiger charge is 2.25. The Balaban J connectivity index is 1.80. The predicted molar refractivity (Wildman–Crippen MR) is 77.9 cm³/mol. The van der Waals surface area contributed by atoms with E-state index in [0.29, 0.717) is 6.61 Å². The molecule has 2 rings (SSSR count). The normalized spacial score (nSPS) is 23.5. The van der Waals surface area contributed by atoms with E-state index in [-0.39, 0.29) is 12.4 Å². The van der Waals surface area contributed by atoms with Crippen molar-refractivity contribution in [2.45, 2.75) is 26.2 Å². The van der Waals surface area contributed by atoms with Crippen molar-refractivity contribution in [3.63, 3.8) is 0 Å². The number of rotatable bonds is 6. The fraction of sp³-hybridized carbons (Fsp3) is 0.500. The van der Waals surface area contributed by atoms with Crippen LogP contribution in [0.3, 0.4) is 0 Å². The smallest absolute Gasteiger partial charge is 0.177 e. The van der Waals surface area contributed by atoms with Crippen LogP contribution in [-0.2, 0) is 9.47 Å². The molecule has 3 nitrogen and oxygen atoms in total. The Hall–Kier alpha value is -1.16. The first-order chi connectivity index (χ1) is 9.31. The summed E-state index contributed by atoms with van der Waals surface area (Å²) in [6, 6.07) is 10.2. The lowest BCUT2D eigenvalue weighted by Gasteiger charge is -2.20. The van der Waals surface area contributed by atoms with E-state index in [9.17, 15) is 0 Å². The summed E-state index contributed by atoms with van der Waals surface area (Å²) in [5.74, 6) is 0. The molecule has 1 heterocycles. The molecule has 1 aliphatic heterocycles. The maximum absolute atomic E-state index is 5.87. The molecule has 0 aliphatic carbocycles. The predicted octanol–water partition coefficient (Wildman–Crippen LogP) is 2.78. The van der Waals surface area contributed by atoms with Crippen molar-refractivity contribution in [2.75, 3.05) is 26.2 Å². The molecule has 0 radical (unpaired) electrons. The zero-order valence-corrected chi connectivity index (χ0v) is 11.8. The molecule has 1 saturated heterocycles. The summed E-state index contributed by atoms with van der Waals surface area (Å²) in [7, 11) is 0. The van der Waals surface area contributed by atoms with Crippen molar-refractivity contribution < 1.29 is 9.47 Å². The highest BCUT2D eigenvalue weighted by Crippen LogP contribution is 2.15. The van der Waals surface area contributed by atoms with E-state index in [1.807, 2.05) is 30.4 Å². The number of hydrogen-bond donors (Lipinski definition) is 0. The van der Waals surface area contributed by atoms with Gasteiger partial charge in [0.25, 0.3) is 0 Å². The number of ether oxygens (including phenoxy) is 2. The molecule has 0 spiro atoms. The van der Waals surface area contributed by atoms with Crippen molar-refractivity contribution in [1.29, 1.82) is 0 Å². The zero-order chi connectivity index (χ0) is 13.5. The monoisotopic (exact) mass is 261 g/mol. The highest BCUT2D eigenvalue weighted by molar-refractivity contribution is 5.49. The SMILES string of the molecule is CCN(CC)CC1COC(C=Cc2ccccc2)O1. The van der Waals surface area contributed by atoms with Crippen LogP contribution in [0.15, 0.2) is 36.4 Å². The standard InChI is InChI=1S/C16H23NO2/c1-3-17(4-2)12-15-13-18-16(19-15)11-10-14-8-6-5-7-9-14/h5-11,15-16H,3-4,12-13H2,1-2H3. The van der Waals surface area contributed by atoms with Gasteiger partial charge in [-0.05, 0) is 24.7 Å². The van der Waals surface area contributed by atoms with Crippen molar-refractivity contribution in [2.24, 2.45) is 0 Å². The minimum Gasteiger partial charge on any atom is -0.346 e. The molecule has 0 amide bonds. The molecule has 1 aliphatic rings. The molecular formula is C16H23NO2. The molecule has 1 aromatic rings. The van der Waals surface area contributed by atoms with Crippen LogP contribution in [0.25, 0.3) is 6.08 Å². The van der Waals surface area contributed by atoms with E-state index in [0.717, 1.165) is 19.6 Å². The average molecular weight is 261 g/mol. The highest BCUT2D eigenvalue weighted by atomic mass is 16.7. The third kappa shape index (κ3) is 4.46. The minimum atomic E-state index is -0.208. The van der Waals surface area contributed by atoms with Gasteiger partial charge in [0.05, 0.1) is 12.7 Å². The second-order valence-corrected chi connectivity index (χ2v) is 4.72. The molecule has 19 heavy (non-hydrogen) atoms. The quantitative estimate of drug-likeness (QED) is 0.786. The first-order valence-corrected chi connectivity index (χ1v) is 7.04. The number of likely N-dealkylation sites (N-methyl/N-ethyl adjacent to an activating group) is 1. The summed E-state index contributed by atoms with van der Waals surface area (Å²) in [6.07, 6.45) is 4.01. The van der Waals surface area contributed by atoms with Gasteiger partial charge in [-0.25, -0.2) is 0 Å². The Morgan fingerprint density at radius 2 is 1.95 bits per heavy atom. The first kappa shape index (κ1) is 14.3. The molecule has 1 aromatic carbocycles. The first-order valence-electron chi connectivity index (χ1n) is 7.04. The Labute approximate surface area is 115 Å². The van der Waals surface area contributed by atoms with Crippen molar-refractivity contribution in [1.82, 2.24) is 4.90 Å². The van der Waals surface area contributed by atoms with E-state index < -0.39 is 0 Å². The molecule has 3 heteroatoms. The van der Waals surface area contributed by atoms with Gasteiger partial charge in [-0.1, -0.05) is 50.3 Å².